The van der Waals surface area contributed by atoms with E-state index in [1.807, 2.05) is 34.7 Å². The molecule has 19 heavy (non-hydrogen) atoms. The fraction of sp³-hybridized carbons (Fsp3) is 0.615. The Kier molecular flexibility index (Phi) is 3.60. The predicted octanol–water partition coefficient (Wildman–Crippen LogP) is 0.394. The lowest BCUT2D eigenvalue weighted by atomic mass is 9.77. The molecule has 1 aromatic rings. The van der Waals surface area contributed by atoms with Gasteiger partial charge in [-0.25, -0.2) is 0 Å². The number of pyridine rings is 1. The van der Waals surface area contributed by atoms with E-state index in [4.69, 9.17) is 9.31 Å². The van der Waals surface area contributed by atoms with Crippen LogP contribution < -0.4 is 16.3 Å². The van der Waals surface area contributed by atoms with Crippen LogP contribution in [-0.4, -0.2) is 30.4 Å². The molecule has 0 aromatic carbocycles. The molecule has 1 aliphatic heterocycles. The number of nitrogens with one attached hydrogen (secondary N) is 2. The van der Waals surface area contributed by atoms with Crippen LogP contribution in [0.25, 0.3) is 0 Å². The third-order valence-corrected chi connectivity index (χ3v) is 3.92. The molecule has 5 nitrogen and oxygen atoms in total. The van der Waals surface area contributed by atoms with E-state index >= 15 is 0 Å². The van der Waals surface area contributed by atoms with Gasteiger partial charge in [-0.3, -0.25) is 4.79 Å². The van der Waals surface area contributed by atoms with Gasteiger partial charge in [-0.05, 0) is 40.3 Å². The molecule has 2 rings (SSSR count). The minimum atomic E-state index is -0.454. The topological polar surface area (TPSA) is 63.4 Å². The largest absolute Gasteiger partial charge is 0.496 e. The minimum absolute atomic E-state index is 0.120. The van der Waals surface area contributed by atoms with Gasteiger partial charge in [-0.1, -0.05) is 0 Å². The van der Waals surface area contributed by atoms with Crippen LogP contribution in [0, 0.1) is 0 Å². The minimum Gasteiger partial charge on any atom is -0.399 e. The quantitative estimate of drug-likeness (QED) is 0.775. The lowest BCUT2D eigenvalue weighted by molar-refractivity contribution is 0.00578. The second-order valence-corrected chi connectivity index (χ2v) is 5.90. The van der Waals surface area contributed by atoms with Crippen molar-refractivity contribution in [2.45, 2.75) is 45.4 Å². The fourth-order valence-corrected chi connectivity index (χ4v) is 2.06. The molecule has 0 saturated carbocycles. The molecule has 0 bridgehead atoms. The van der Waals surface area contributed by atoms with E-state index in [-0.39, 0.29) is 16.8 Å². The summed E-state index contributed by atoms with van der Waals surface area (Å²) in [7, 11) is 1.39. The number of aromatic amines is 1. The maximum atomic E-state index is 11.4. The molecule has 0 aliphatic carbocycles. The van der Waals surface area contributed by atoms with Crippen molar-refractivity contribution in [3.8, 4) is 0 Å². The van der Waals surface area contributed by atoms with Gasteiger partial charge in [-0.15, -0.1) is 0 Å². The Balaban J connectivity index is 2.36. The van der Waals surface area contributed by atoms with Crippen molar-refractivity contribution in [1.82, 2.24) is 10.3 Å². The van der Waals surface area contributed by atoms with Crippen LogP contribution in [0.2, 0.25) is 0 Å². The number of H-pyrrole nitrogens is 1. The number of rotatable bonds is 3. The van der Waals surface area contributed by atoms with Crippen molar-refractivity contribution in [2.75, 3.05) is 7.05 Å². The SMILES string of the molecule is CNCc1cc(=O)[nH]cc1B1OC(C)(C)C(C)(C)O1. The van der Waals surface area contributed by atoms with Gasteiger partial charge >= 0.3 is 7.12 Å². The summed E-state index contributed by atoms with van der Waals surface area (Å²) in [6.45, 7) is 8.64. The lowest BCUT2D eigenvalue weighted by Gasteiger charge is -2.32. The molecule has 0 amide bonds. The maximum Gasteiger partial charge on any atom is 0.496 e. The molecule has 2 N–H and O–H groups in total. The molecule has 1 aromatic heterocycles. The summed E-state index contributed by atoms with van der Waals surface area (Å²) >= 11 is 0. The van der Waals surface area contributed by atoms with Crippen LogP contribution in [0.15, 0.2) is 17.1 Å². The van der Waals surface area contributed by atoms with Gasteiger partial charge in [0.15, 0.2) is 0 Å². The smallest absolute Gasteiger partial charge is 0.399 e. The van der Waals surface area contributed by atoms with E-state index < -0.39 is 7.12 Å². The monoisotopic (exact) mass is 264 g/mol. The van der Waals surface area contributed by atoms with Crippen molar-refractivity contribution in [1.29, 1.82) is 0 Å². The van der Waals surface area contributed by atoms with Gasteiger partial charge in [0.2, 0.25) is 5.56 Å². The highest BCUT2D eigenvalue weighted by Gasteiger charge is 2.52. The second-order valence-electron chi connectivity index (χ2n) is 5.90. The Morgan fingerprint density at radius 2 is 1.84 bits per heavy atom. The Hall–Kier alpha value is -1.11. The summed E-state index contributed by atoms with van der Waals surface area (Å²) < 4.78 is 12.0. The predicted molar refractivity (Wildman–Crippen MR) is 75.5 cm³/mol. The van der Waals surface area contributed by atoms with E-state index in [0.29, 0.717) is 6.54 Å². The zero-order valence-electron chi connectivity index (χ0n) is 12.2. The highest BCUT2D eigenvalue weighted by atomic mass is 16.7. The van der Waals surface area contributed by atoms with Crippen molar-refractivity contribution >= 4 is 12.6 Å². The molecule has 104 valence electrons. The van der Waals surface area contributed by atoms with E-state index in [9.17, 15) is 4.79 Å². The van der Waals surface area contributed by atoms with Gasteiger partial charge in [0, 0.05) is 24.3 Å². The van der Waals surface area contributed by atoms with Crippen LogP contribution in [0.5, 0.6) is 0 Å². The first-order valence-corrected chi connectivity index (χ1v) is 6.48. The standard InChI is InChI=1S/C13H21BN2O3/c1-12(2)13(3,4)19-14(18-12)10-8-16-11(17)6-9(10)7-15-5/h6,8,15H,7H2,1-5H3,(H,16,17). The van der Waals surface area contributed by atoms with Crippen LogP contribution in [0.1, 0.15) is 33.3 Å². The second kappa shape index (κ2) is 4.78. The van der Waals surface area contributed by atoms with Gasteiger partial charge in [0.05, 0.1) is 11.2 Å². The van der Waals surface area contributed by atoms with Crippen molar-refractivity contribution in [2.24, 2.45) is 0 Å². The molecule has 1 fully saturated rings. The molecule has 6 heteroatoms. The first-order chi connectivity index (χ1) is 8.77. The van der Waals surface area contributed by atoms with Gasteiger partial charge in [-0.2, -0.15) is 0 Å². The molecule has 2 heterocycles. The molecule has 0 atom stereocenters. The fourth-order valence-electron chi connectivity index (χ4n) is 2.06. The van der Waals surface area contributed by atoms with Crippen molar-refractivity contribution < 1.29 is 9.31 Å². The molecule has 0 spiro atoms. The molecule has 1 aliphatic rings. The van der Waals surface area contributed by atoms with Crippen LogP contribution >= 0.6 is 0 Å². The van der Waals surface area contributed by atoms with E-state index in [1.54, 1.807) is 12.3 Å². The zero-order chi connectivity index (χ0) is 14.3. The highest BCUT2D eigenvalue weighted by Crippen LogP contribution is 2.36. The average Bonchev–Trinajstić information content (AvgIpc) is 2.48. The lowest BCUT2D eigenvalue weighted by Crippen LogP contribution is -2.41. The van der Waals surface area contributed by atoms with E-state index in [2.05, 4.69) is 10.3 Å². The number of hydrogen-bond donors (Lipinski definition) is 2. The molecule has 1 saturated heterocycles. The summed E-state index contributed by atoms with van der Waals surface area (Å²) in [4.78, 5) is 14.1. The summed E-state index contributed by atoms with van der Waals surface area (Å²) in [6.07, 6.45) is 1.68. The first kappa shape index (κ1) is 14.3. The molecular weight excluding hydrogens is 243 g/mol. The summed E-state index contributed by atoms with van der Waals surface area (Å²) in [5, 5.41) is 3.05. The van der Waals surface area contributed by atoms with Crippen LogP contribution in [0.3, 0.4) is 0 Å². The number of hydrogen-bond acceptors (Lipinski definition) is 4. The van der Waals surface area contributed by atoms with Gasteiger partial charge < -0.3 is 19.6 Å². The van der Waals surface area contributed by atoms with Crippen LogP contribution in [0.4, 0.5) is 0 Å². The van der Waals surface area contributed by atoms with Gasteiger partial charge in [0.1, 0.15) is 0 Å². The third kappa shape index (κ3) is 2.61. The Morgan fingerprint density at radius 1 is 1.26 bits per heavy atom. The zero-order valence-corrected chi connectivity index (χ0v) is 12.2. The van der Waals surface area contributed by atoms with Crippen LogP contribution in [-0.2, 0) is 15.9 Å². The third-order valence-electron chi connectivity index (χ3n) is 3.92. The average molecular weight is 264 g/mol. The Morgan fingerprint density at radius 3 is 2.37 bits per heavy atom. The molecular formula is C13H21BN2O3. The highest BCUT2D eigenvalue weighted by molar-refractivity contribution is 6.62. The Bertz CT molecular complexity index is 509. The molecule has 0 radical (unpaired) electrons. The summed E-state index contributed by atoms with van der Waals surface area (Å²) in [6, 6.07) is 1.58. The van der Waals surface area contributed by atoms with E-state index in [1.165, 1.54) is 0 Å². The van der Waals surface area contributed by atoms with Gasteiger partial charge in [0.25, 0.3) is 0 Å². The van der Waals surface area contributed by atoms with E-state index in [0.717, 1.165) is 11.0 Å². The summed E-state index contributed by atoms with van der Waals surface area (Å²) in [5.74, 6) is 0. The number of aromatic nitrogens is 1. The maximum absolute atomic E-state index is 11.4. The normalized spacial score (nSPS) is 20.8. The Labute approximate surface area is 113 Å². The molecule has 0 unspecified atom stereocenters. The summed E-state index contributed by atoms with van der Waals surface area (Å²) in [5.41, 5.74) is 0.873. The van der Waals surface area contributed by atoms with Crippen molar-refractivity contribution in [3.63, 3.8) is 0 Å². The first-order valence-electron chi connectivity index (χ1n) is 6.48. The van der Waals surface area contributed by atoms with Crippen molar-refractivity contribution in [3.05, 3.63) is 28.2 Å².